The van der Waals surface area contributed by atoms with Gasteiger partial charge in [0.25, 0.3) is 5.91 Å². The van der Waals surface area contributed by atoms with Crippen LogP contribution in [-0.2, 0) is 17.9 Å². The zero-order valence-corrected chi connectivity index (χ0v) is 21.7. The number of fused-ring (bicyclic) bond motifs is 1. The Morgan fingerprint density at radius 2 is 1.97 bits per heavy atom. The van der Waals surface area contributed by atoms with Gasteiger partial charge in [-0.2, -0.15) is 0 Å². The first-order valence-corrected chi connectivity index (χ1v) is 13.3. The Morgan fingerprint density at radius 1 is 1.17 bits per heavy atom. The Balaban J connectivity index is 1.17. The minimum absolute atomic E-state index is 0.171. The molecule has 4 heterocycles. The molecule has 0 radical (unpaired) electrons. The van der Waals surface area contributed by atoms with Crippen LogP contribution in [0.15, 0.2) is 24.5 Å². The highest BCUT2D eigenvalue weighted by atomic mass is 35.5. The van der Waals surface area contributed by atoms with Gasteiger partial charge in [-0.3, -0.25) is 19.9 Å². The highest BCUT2D eigenvalue weighted by Crippen LogP contribution is 2.59. The molecular formula is C26H26ClN5O3S. The largest absolute Gasteiger partial charge is 0.494 e. The fraction of sp³-hybridized carbons (Fsp3) is 0.423. The van der Waals surface area contributed by atoms with Crippen LogP contribution < -0.4 is 10.1 Å². The second-order valence-corrected chi connectivity index (χ2v) is 11.5. The summed E-state index contributed by atoms with van der Waals surface area (Å²) in [6.45, 7) is 2.93. The highest BCUT2D eigenvalue weighted by molar-refractivity contribution is 7.16. The summed E-state index contributed by atoms with van der Waals surface area (Å²) in [6.07, 6.45) is 9.05. The maximum atomic E-state index is 13.3. The molecular weight excluding hydrogens is 498 g/mol. The molecule has 3 aliphatic rings. The maximum Gasteiger partial charge on any atom is 0.259 e. The Kier molecular flexibility index (Phi) is 5.72. The number of aryl methyl sites for hydroxylation is 1. The molecule has 2 amide bonds. The van der Waals surface area contributed by atoms with E-state index in [2.05, 4.69) is 20.3 Å². The van der Waals surface area contributed by atoms with Crippen LogP contribution in [-0.4, -0.2) is 38.8 Å². The molecule has 1 N–H and O–H groups in total. The molecule has 1 spiro atoms. The van der Waals surface area contributed by atoms with E-state index in [1.807, 2.05) is 17.9 Å². The molecule has 0 atom stereocenters. The van der Waals surface area contributed by atoms with Gasteiger partial charge in [-0.15, -0.1) is 0 Å². The van der Waals surface area contributed by atoms with E-state index >= 15 is 0 Å². The zero-order valence-electron chi connectivity index (χ0n) is 20.1. The molecule has 1 aliphatic heterocycles. The average Bonchev–Trinajstić information content (AvgIpc) is 3.35. The van der Waals surface area contributed by atoms with Crippen LogP contribution in [0.4, 0.5) is 5.13 Å². The summed E-state index contributed by atoms with van der Waals surface area (Å²) in [4.78, 5) is 42.2. The van der Waals surface area contributed by atoms with Gasteiger partial charge in [-0.25, -0.2) is 9.97 Å². The van der Waals surface area contributed by atoms with Crippen LogP contribution in [0, 0.1) is 18.3 Å². The molecule has 3 aromatic heterocycles. The molecule has 10 heteroatoms. The maximum absolute atomic E-state index is 13.3. The Morgan fingerprint density at radius 3 is 2.67 bits per heavy atom. The summed E-state index contributed by atoms with van der Waals surface area (Å²) in [7, 11) is 1.55. The standard InChI is InChI=1S/C26H26ClN5O3S/c1-14-6-16(17-7-22(27)29-11-20(17)35-2)18(10-28-14)23(33)31-25-30-19-12-32(13-21(19)36-25)24(34)15-8-26(9-15)4-3-5-26/h6-7,10-11,15H,3-5,8-9,12-13H2,1-2H3,(H,30,31,33). The van der Waals surface area contributed by atoms with Crippen LogP contribution >= 0.6 is 22.9 Å². The number of methoxy groups -OCH3 is 1. The van der Waals surface area contributed by atoms with Gasteiger partial charge in [-0.1, -0.05) is 29.4 Å². The predicted octanol–water partition coefficient (Wildman–Crippen LogP) is 5.25. The molecule has 6 rings (SSSR count). The number of thiazole rings is 1. The molecule has 0 unspecified atom stereocenters. The van der Waals surface area contributed by atoms with Gasteiger partial charge in [0.05, 0.1) is 42.5 Å². The second kappa shape index (κ2) is 8.81. The Labute approximate surface area is 218 Å². The predicted molar refractivity (Wildman–Crippen MR) is 137 cm³/mol. The summed E-state index contributed by atoms with van der Waals surface area (Å²) in [5.41, 5.74) is 3.78. The number of hydrogen-bond acceptors (Lipinski definition) is 7. The minimum atomic E-state index is -0.326. The smallest absolute Gasteiger partial charge is 0.259 e. The van der Waals surface area contributed by atoms with Crippen molar-refractivity contribution in [3.8, 4) is 16.9 Å². The van der Waals surface area contributed by atoms with Crippen LogP contribution in [0.5, 0.6) is 5.75 Å². The van der Waals surface area contributed by atoms with Crippen molar-refractivity contribution in [1.29, 1.82) is 0 Å². The van der Waals surface area contributed by atoms with Gasteiger partial charge in [0.15, 0.2) is 5.13 Å². The molecule has 3 aromatic rings. The van der Waals surface area contributed by atoms with Gasteiger partial charge < -0.3 is 9.64 Å². The molecule has 36 heavy (non-hydrogen) atoms. The minimum Gasteiger partial charge on any atom is -0.494 e. The lowest BCUT2D eigenvalue weighted by Crippen LogP contribution is -2.49. The monoisotopic (exact) mass is 523 g/mol. The van der Waals surface area contributed by atoms with Crippen molar-refractivity contribution < 1.29 is 14.3 Å². The molecule has 0 saturated heterocycles. The third-order valence-electron chi connectivity index (χ3n) is 7.74. The zero-order chi connectivity index (χ0) is 25.0. The van der Waals surface area contributed by atoms with Gasteiger partial charge in [0.2, 0.25) is 5.91 Å². The van der Waals surface area contributed by atoms with E-state index in [-0.39, 0.29) is 17.7 Å². The number of rotatable bonds is 5. The first-order valence-electron chi connectivity index (χ1n) is 12.1. The fourth-order valence-corrected chi connectivity index (χ4v) is 6.81. The molecule has 0 aromatic carbocycles. The van der Waals surface area contributed by atoms with E-state index in [4.69, 9.17) is 16.3 Å². The lowest BCUT2D eigenvalue weighted by atomic mass is 9.51. The number of amides is 2. The lowest BCUT2D eigenvalue weighted by molar-refractivity contribution is -0.148. The van der Waals surface area contributed by atoms with Crippen molar-refractivity contribution >= 4 is 39.9 Å². The van der Waals surface area contributed by atoms with Gasteiger partial charge in [0, 0.05) is 28.9 Å². The van der Waals surface area contributed by atoms with Crippen LogP contribution in [0.2, 0.25) is 5.15 Å². The van der Waals surface area contributed by atoms with Crippen molar-refractivity contribution in [2.24, 2.45) is 11.3 Å². The molecule has 8 nitrogen and oxygen atoms in total. The van der Waals surface area contributed by atoms with Crippen LogP contribution in [0.3, 0.4) is 0 Å². The Hall–Kier alpha value is -3.04. The van der Waals surface area contributed by atoms with E-state index in [1.54, 1.807) is 19.4 Å². The van der Waals surface area contributed by atoms with E-state index in [9.17, 15) is 9.59 Å². The van der Waals surface area contributed by atoms with Gasteiger partial charge >= 0.3 is 0 Å². The van der Waals surface area contributed by atoms with Crippen molar-refractivity contribution in [3.63, 3.8) is 0 Å². The van der Waals surface area contributed by atoms with E-state index in [0.29, 0.717) is 51.2 Å². The quantitative estimate of drug-likeness (QED) is 0.459. The number of carbonyl (C=O) groups excluding carboxylic acids is 2. The number of carbonyl (C=O) groups is 2. The molecule has 186 valence electrons. The number of pyridine rings is 2. The third kappa shape index (κ3) is 4.04. The number of nitrogens with one attached hydrogen (secondary N) is 1. The normalized spacial score (nSPS) is 17.9. The number of anilines is 1. The highest BCUT2D eigenvalue weighted by Gasteiger charge is 2.51. The molecule has 2 saturated carbocycles. The molecule has 0 bridgehead atoms. The topological polar surface area (TPSA) is 97.3 Å². The number of nitrogens with zero attached hydrogens (tertiary/aromatic N) is 4. The lowest BCUT2D eigenvalue weighted by Gasteiger charge is -2.54. The van der Waals surface area contributed by atoms with Gasteiger partial charge in [0.1, 0.15) is 10.9 Å². The Bertz CT molecular complexity index is 1350. The van der Waals surface area contributed by atoms with Crippen molar-refractivity contribution in [1.82, 2.24) is 19.9 Å². The summed E-state index contributed by atoms with van der Waals surface area (Å²) in [5.74, 6) is 0.605. The van der Waals surface area contributed by atoms with Crippen molar-refractivity contribution in [3.05, 3.63) is 51.5 Å². The van der Waals surface area contributed by atoms with Crippen molar-refractivity contribution in [2.45, 2.75) is 52.1 Å². The third-order valence-corrected chi connectivity index (χ3v) is 8.94. The summed E-state index contributed by atoms with van der Waals surface area (Å²) < 4.78 is 5.45. The SMILES string of the molecule is COc1cnc(Cl)cc1-c1cc(C)ncc1C(=O)Nc1nc2c(s1)CN(C(=O)C1CC3(CCC3)C1)C2. The van der Waals surface area contributed by atoms with E-state index < -0.39 is 0 Å². The van der Waals surface area contributed by atoms with Crippen LogP contribution in [0.1, 0.15) is 58.7 Å². The van der Waals surface area contributed by atoms with E-state index in [0.717, 1.165) is 29.1 Å². The first kappa shape index (κ1) is 23.4. The average molecular weight is 524 g/mol. The second-order valence-electron chi connectivity index (χ2n) is 10.1. The summed E-state index contributed by atoms with van der Waals surface area (Å²) >= 11 is 7.56. The summed E-state index contributed by atoms with van der Waals surface area (Å²) in [6, 6.07) is 3.49. The summed E-state index contributed by atoms with van der Waals surface area (Å²) in [5, 5.41) is 3.73. The van der Waals surface area contributed by atoms with Crippen molar-refractivity contribution in [2.75, 3.05) is 12.4 Å². The van der Waals surface area contributed by atoms with Gasteiger partial charge in [-0.05, 0) is 50.2 Å². The van der Waals surface area contributed by atoms with Crippen LogP contribution in [0.25, 0.3) is 11.1 Å². The first-order chi connectivity index (χ1) is 17.3. The number of aromatic nitrogens is 3. The number of hydrogen-bond donors (Lipinski definition) is 1. The number of halogens is 1. The fourth-order valence-electron chi connectivity index (χ4n) is 5.67. The molecule has 2 aliphatic carbocycles. The van der Waals surface area contributed by atoms with E-state index in [1.165, 1.54) is 36.8 Å². The molecule has 2 fully saturated rings. The number of ether oxygens (including phenoxy) is 1.